The fraction of sp³-hybridized carbons (Fsp3) is 0.350. The number of fused-ring (bicyclic) bond motifs is 1. The Morgan fingerprint density at radius 3 is 3.00 bits per heavy atom. The maximum Gasteiger partial charge on any atom is 0.255 e. The van der Waals surface area contributed by atoms with Gasteiger partial charge >= 0.3 is 0 Å². The van der Waals surface area contributed by atoms with Crippen LogP contribution in [0.25, 0.3) is 0 Å². The summed E-state index contributed by atoms with van der Waals surface area (Å²) in [5.41, 5.74) is 2.06. The number of thioether (sulfide) groups is 1. The van der Waals surface area contributed by atoms with Crippen LogP contribution in [0, 0.1) is 6.92 Å². The van der Waals surface area contributed by atoms with Crippen LogP contribution in [-0.4, -0.2) is 27.5 Å². The molecule has 4 rings (SSSR count). The molecule has 140 valence electrons. The lowest BCUT2D eigenvalue weighted by atomic mass is 9.97. The number of nitrogens with zero attached hydrogens (tertiary/aromatic N) is 3. The highest BCUT2D eigenvalue weighted by atomic mass is 32.2. The van der Waals surface area contributed by atoms with E-state index in [1.807, 2.05) is 29.2 Å². The summed E-state index contributed by atoms with van der Waals surface area (Å²) in [5.74, 6) is 1.85. The van der Waals surface area contributed by atoms with Crippen LogP contribution in [0.1, 0.15) is 51.9 Å². The monoisotopic (exact) mass is 399 g/mol. The van der Waals surface area contributed by atoms with Crippen molar-refractivity contribution in [3.05, 3.63) is 63.4 Å². The molecule has 1 unspecified atom stereocenters. The molecule has 1 aromatic carbocycles. The third-order valence-corrected chi connectivity index (χ3v) is 6.84. The summed E-state index contributed by atoms with van der Waals surface area (Å²) in [4.78, 5) is 22.0. The van der Waals surface area contributed by atoms with Gasteiger partial charge in [0.2, 0.25) is 5.89 Å². The maximum atomic E-state index is 13.4. The number of aromatic nitrogens is 2. The Morgan fingerprint density at radius 1 is 1.37 bits per heavy atom. The first-order valence-electron chi connectivity index (χ1n) is 9.05. The van der Waals surface area contributed by atoms with E-state index in [4.69, 9.17) is 4.52 Å². The van der Waals surface area contributed by atoms with Gasteiger partial charge < -0.3 is 9.42 Å². The van der Waals surface area contributed by atoms with Crippen LogP contribution in [0.2, 0.25) is 0 Å². The number of amides is 1. The molecule has 1 aliphatic rings. The summed E-state index contributed by atoms with van der Waals surface area (Å²) < 4.78 is 5.19. The molecule has 1 atom stereocenters. The number of rotatable bonds is 5. The molecular formula is C20H21N3O2S2. The minimum Gasteiger partial charge on any atom is -0.338 e. The minimum absolute atomic E-state index is 0.100. The van der Waals surface area contributed by atoms with Crippen molar-refractivity contribution in [1.29, 1.82) is 0 Å². The van der Waals surface area contributed by atoms with Gasteiger partial charge in [0.25, 0.3) is 5.91 Å². The molecule has 0 aliphatic carbocycles. The van der Waals surface area contributed by atoms with E-state index in [2.05, 4.69) is 28.5 Å². The third-order valence-electron chi connectivity index (χ3n) is 4.78. The molecule has 0 radical (unpaired) electrons. The lowest BCUT2D eigenvalue weighted by molar-refractivity contribution is 0.0654. The zero-order chi connectivity index (χ0) is 18.8. The molecule has 0 bridgehead atoms. The standard InChI is InChI=1S/C20H21N3O2S2/c1-3-16-14-9-11-26-18(14)8-10-23(16)20(24)15-6-4-5-7-17(15)27-12-19-21-13(2)22-25-19/h4-7,9,11,16H,3,8,10,12H2,1-2H3. The first-order chi connectivity index (χ1) is 13.2. The van der Waals surface area contributed by atoms with E-state index >= 15 is 0 Å². The molecule has 5 nitrogen and oxygen atoms in total. The van der Waals surface area contributed by atoms with E-state index < -0.39 is 0 Å². The summed E-state index contributed by atoms with van der Waals surface area (Å²) in [6.07, 6.45) is 1.86. The Bertz CT molecular complexity index is 950. The van der Waals surface area contributed by atoms with E-state index in [0.717, 1.165) is 29.8 Å². The van der Waals surface area contributed by atoms with E-state index in [1.54, 1.807) is 30.0 Å². The molecule has 3 heterocycles. The summed E-state index contributed by atoms with van der Waals surface area (Å²) in [6.45, 7) is 4.72. The van der Waals surface area contributed by atoms with Gasteiger partial charge in [-0.3, -0.25) is 4.79 Å². The van der Waals surface area contributed by atoms with Crippen LogP contribution < -0.4 is 0 Å². The predicted octanol–water partition coefficient (Wildman–Crippen LogP) is 4.88. The van der Waals surface area contributed by atoms with Crippen molar-refractivity contribution in [2.75, 3.05) is 6.54 Å². The van der Waals surface area contributed by atoms with Crippen molar-refractivity contribution >= 4 is 29.0 Å². The average molecular weight is 400 g/mol. The van der Waals surface area contributed by atoms with Crippen molar-refractivity contribution in [3.8, 4) is 0 Å². The summed E-state index contributed by atoms with van der Waals surface area (Å²) in [5, 5.41) is 5.96. The number of hydrogen-bond donors (Lipinski definition) is 0. The average Bonchev–Trinajstić information content (AvgIpc) is 3.33. The van der Waals surface area contributed by atoms with Gasteiger partial charge in [0.05, 0.1) is 17.4 Å². The minimum atomic E-state index is 0.100. The van der Waals surface area contributed by atoms with Crippen LogP contribution in [0.3, 0.4) is 0 Å². The molecule has 0 saturated carbocycles. The normalized spacial score (nSPS) is 16.4. The van der Waals surface area contributed by atoms with Gasteiger partial charge in [-0.25, -0.2) is 0 Å². The van der Waals surface area contributed by atoms with Gasteiger partial charge in [-0.15, -0.1) is 23.1 Å². The molecule has 0 fully saturated rings. The van der Waals surface area contributed by atoms with Gasteiger partial charge in [0.1, 0.15) is 0 Å². The molecule has 0 saturated heterocycles. The molecular weight excluding hydrogens is 378 g/mol. The number of carbonyl (C=O) groups is 1. The quantitative estimate of drug-likeness (QED) is 0.572. The number of hydrogen-bond acceptors (Lipinski definition) is 6. The summed E-state index contributed by atoms with van der Waals surface area (Å²) in [6, 6.07) is 10.1. The first kappa shape index (κ1) is 18.3. The van der Waals surface area contributed by atoms with Gasteiger partial charge in [-0.2, -0.15) is 4.98 Å². The lowest BCUT2D eigenvalue weighted by Gasteiger charge is -2.36. The second kappa shape index (κ2) is 7.86. The molecule has 0 N–H and O–H groups in total. The Kier molecular flexibility index (Phi) is 5.31. The number of aryl methyl sites for hydroxylation is 1. The maximum absolute atomic E-state index is 13.4. The number of benzene rings is 1. The van der Waals surface area contributed by atoms with Crippen molar-refractivity contribution in [1.82, 2.24) is 15.0 Å². The van der Waals surface area contributed by atoms with E-state index in [0.29, 0.717) is 17.5 Å². The molecule has 0 spiro atoms. The van der Waals surface area contributed by atoms with Gasteiger partial charge in [0.15, 0.2) is 5.82 Å². The highest BCUT2D eigenvalue weighted by molar-refractivity contribution is 7.98. The predicted molar refractivity (Wildman–Crippen MR) is 107 cm³/mol. The lowest BCUT2D eigenvalue weighted by Crippen LogP contribution is -2.39. The fourth-order valence-electron chi connectivity index (χ4n) is 3.54. The van der Waals surface area contributed by atoms with Gasteiger partial charge in [0, 0.05) is 16.3 Å². The largest absolute Gasteiger partial charge is 0.338 e. The molecule has 3 aromatic rings. The second-order valence-corrected chi connectivity index (χ2v) is 8.51. The van der Waals surface area contributed by atoms with Crippen molar-refractivity contribution in [3.63, 3.8) is 0 Å². The van der Waals surface area contributed by atoms with E-state index in [1.165, 1.54) is 10.4 Å². The van der Waals surface area contributed by atoms with Crippen molar-refractivity contribution in [2.24, 2.45) is 0 Å². The summed E-state index contributed by atoms with van der Waals surface area (Å²) >= 11 is 3.36. The van der Waals surface area contributed by atoms with E-state index in [-0.39, 0.29) is 11.9 Å². The Labute approximate surface area is 166 Å². The zero-order valence-electron chi connectivity index (χ0n) is 15.3. The molecule has 1 aliphatic heterocycles. The van der Waals surface area contributed by atoms with Crippen LogP contribution in [-0.2, 0) is 12.2 Å². The van der Waals surface area contributed by atoms with Crippen LogP contribution in [0.15, 0.2) is 45.1 Å². The fourth-order valence-corrected chi connectivity index (χ4v) is 5.35. The van der Waals surface area contributed by atoms with Crippen LogP contribution >= 0.6 is 23.1 Å². The SMILES string of the molecule is CCC1c2ccsc2CCN1C(=O)c1ccccc1SCc1nc(C)no1. The number of thiophene rings is 1. The van der Waals surface area contributed by atoms with Gasteiger partial charge in [-0.05, 0) is 48.9 Å². The summed E-state index contributed by atoms with van der Waals surface area (Å²) in [7, 11) is 0. The van der Waals surface area contributed by atoms with Crippen LogP contribution in [0.4, 0.5) is 0 Å². The van der Waals surface area contributed by atoms with E-state index in [9.17, 15) is 4.79 Å². The first-order valence-corrected chi connectivity index (χ1v) is 10.9. The zero-order valence-corrected chi connectivity index (χ0v) is 17.0. The molecule has 7 heteroatoms. The third kappa shape index (κ3) is 3.66. The van der Waals surface area contributed by atoms with Crippen LogP contribution in [0.5, 0.6) is 0 Å². The molecule has 1 amide bonds. The molecule has 27 heavy (non-hydrogen) atoms. The Hall–Kier alpha value is -2.12. The Balaban J connectivity index is 1.57. The number of carbonyl (C=O) groups excluding carboxylic acids is 1. The smallest absolute Gasteiger partial charge is 0.255 e. The molecule has 2 aromatic heterocycles. The second-order valence-electron chi connectivity index (χ2n) is 6.49. The van der Waals surface area contributed by atoms with Crippen molar-refractivity contribution < 1.29 is 9.32 Å². The van der Waals surface area contributed by atoms with Gasteiger partial charge in [-0.1, -0.05) is 24.2 Å². The Morgan fingerprint density at radius 2 is 2.22 bits per heavy atom. The van der Waals surface area contributed by atoms with Crippen molar-refractivity contribution in [2.45, 2.75) is 43.4 Å². The highest BCUT2D eigenvalue weighted by Crippen LogP contribution is 2.37. The highest BCUT2D eigenvalue weighted by Gasteiger charge is 2.31. The topological polar surface area (TPSA) is 59.2 Å².